The molecular weight excluding hydrogens is 557 g/mol. The van der Waals surface area contributed by atoms with Crippen LogP contribution in [0.25, 0.3) is 22.2 Å². The molecule has 0 amide bonds. The van der Waals surface area contributed by atoms with Crippen molar-refractivity contribution in [2.24, 2.45) is 0 Å². The lowest BCUT2D eigenvalue weighted by Crippen LogP contribution is -2.31. The van der Waals surface area contributed by atoms with Crippen LogP contribution in [0.4, 0.5) is 13.2 Å². The predicted molar refractivity (Wildman–Crippen MR) is 150 cm³/mol. The summed E-state index contributed by atoms with van der Waals surface area (Å²) < 4.78 is 59.3. The van der Waals surface area contributed by atoms with Gasteiger partial charge in [0.05, 0.1) is 19.2 Å². The molecule has 0 saturated heterocycles. The van der Waals surface area contributed by atoms with Crippen LogP contribution in [0.1, 0.15) is 45.1 Å². The summed E-state index contributed by atoms with van der Waals surface area (Å²) in [6.07, 6.45) is 1.55. The summed E-state index contributed by atoms with van der Waals surface area (Å²) in [5.41, 5.74) is -0.334. The van der Waals surface area contributed by atoms with Crippen LogP contribution in [-0.4, -0.2) is 31.5 Å². The highest BCUT2D eigenvalue weighted by Gasteiger charge is 2.35. The number of hydrogen-bond donors (Lipinski definition) is 1. The highest BCUT2D eigenvalue weighted by atomic mass is 35.5. The number of aromatic nitrogens is 4. The fourth-order valence-corrected chi connectivity index (χ4v) is 5.00. The summed E-state index contributed by atoms with van der Waals surface area (Å²) in [7, 11) is 1.58. The molecule has 2 heterocycles. The first-order chi connectivity index (χ1) is 19.4. The van der Waals surface area contributed by atoms with Gasteiger partial charge in [-0.15, -0.1) is 10.2 Å². The summed E-state index contributed by atoms with van der Waals surface area (Å²) in [5, 5.41) is 19.8. The van der Waals surface area contributed by atoms with Crippen LogP contribution in [0.2, 0.25) is 5.02 Å². The topological polar surface area (TPSA) is 74.3 Å². The predicted octanol–water partition coefficient (Wildman–Crippen LogP) is 7.63. The van der Waals surface area contributed by atoms with Crippen LogP contribution < -0.4 is 9.47 Å². The van der Waals surface area contributed by atoms with Gasteiger partial charge in [0.25, 0.3) is 0 Å². The number of methoxy groups -OCH3 is 1. The third-order valence-electron chi connectivity index (χ3n) is 6.80. The Morgan fingerprint density at radius 2 is 1.63 bits per heavy atom. The molecule has 41 heavy (non-hydrogen) atoms. The van der Waals surface area contributed by atoms with Crippen molar-refractivity contribution in [3.05, 3.63) is 88.6 Å². The minimum absolute atomic E-state index is 0.0752. The molecule has 0 aliphatic heterocycles. The van der Waals surface area contributed by atoms with E-state index in [1.165, 1.54) is 6.07 Å². The Labute approximate surface area is 239 Å². The molecule has 11 heteroatoms. The van der Waals surface area contributed by atoms with Gasteiger partial charge in [0.2, 0.25) is 0 Å². The molecule has 5 rings (SSSR count). The van der Waals surface area contributed by atoms with Crippen molar-refractivity contribution >= 4 is 22.4 Å². The molecule has 5 aromatic rings. The first-order valence-electron chi connectivity index (χ1n) is 12.8. The second-order valence-corrected chi connectivity index (χ2v) is 10.9. The lowest BCUT2D eigenvalue weighted by Gasteiger charge is -2.28. The Hall–Kier alpha value is -4.18. The Morgan fingerprint density at radius 1 is 0.976 bits per heavy atom. The third kappa shape index (κ3) is 5.19. The number of ether oxygens (including phenoxy) is 2. The van der Waals surface area contributed by atoms with E-state index in [4.69, 9.17) is 21.1 Å². The van der Waals surface area contributed by atoms with Gasteiger partial charge >= 0.3 is 0 Å². The minimum Gasteiger partial charge on any atom is -0.497 e. The maximum absolute atomic E-state index is 16.1. The molecule has 0 radical (unpaired) electrons. The normalized spacial score (nSPS) is 12.0. The van der Waals surface area contributed by atoms with Gasteiger partial charge in [-0.3, -0.25) is 0 Å². The molecule has 0 saturated carbocycles. The molecule has 0 unspecified atom stereocenters. The monoisotopic (exact) mass is 584 g/mol. The Bertz CT molecular complexity index is 1720. The molecule has 0 aliphatic carbocycles. The van der Waals surface area contributed by atoms with Crippen LogP contribution >= 0.6 is 11.6 Å². The van der Waals surface area contributed by atoms with Crippen molar-refractivity contribution in [3.8, 4) is 28.8 Å². The molecule has 2 aromatic heterocycles. The molecule has 0 bridgehead atoms. The lowest BCUT2D eigenvalue weighted by atomic mass is 10.1. The molecule has 0 atom stereocenters. The molecule has 214 valence electrons. The highest BCUT2D eigenvalue weighted by molar-refractivity contribution is 6.30. The number of hydrogen-bond acceptors (Lipinski definition) is 5. The molecule has 0 spiro atoms. The van der Waals surface area contributed by atoms with Gasteiger partial charge in [-0.25, -0.2) is 13.2 Å². The number of benzene rings is 3. The van der Waals surface area contributed by atoms with E-state index in [-0.39, 0.29) is 39.5 Å². The van der Waals surface area contributed by atoms with Crippen molar-refractivity contribution < 1.29 is 27.8 Å². The lowest BCUT2D eigenvalue weighted by molar-refractivity contribution is 0.0814. The van der Waals surface area contributed by atoms with Crippen molar-refractivity contribution in [1.82, 2.24) is 19.3 Å². The number of halogens is 4. The van der Waals surface area contributed by atoms with Gasteiger partial charge in [-0.2, -0.15) is 0 Å². The first-order valence-corrected chi connectivity index (χ1v) is 13.2. The van der Waals surface area contributed by atoms with E-state index in [9.17, 15) is 13.9 Å². The molecular formula is C30H28ClF3N4O3. The van der Waals surface area contributed by atoms with Gasteiger partial charge in [0.15, 0.2) is 40.5 Å². The average Bonchev–Trinajstić information content (AvgIpc) is 3.50. The van der Waals surface area contributed by atoms with Crippen LogP contribution in [0.5, 0.6) is 17.4 Å². The molecule has 1 N–H and O–H groups in total. The van der Waals surface area contributed by atoms with Gasteiger partial charge in [-0.05, 0) is 69.7 Å². The van der Waals surface area contributed by atoms with Crippen LogP contribution in [-0.2, 0) is 12.1 Å². The van der Waals surface area contributed by atoms with Crippen molar-refractivity contribution in [2.45, 2.75) is 45.9 Å². The van der Waals surface area contributed by atoms with Crippen molar-refractivity contribution in [3.63, 3.8) is 0 Å². The van der Waals surface area contributed by atoms with Crippen molar-refractivity contribution in [2.75, 3.05) is 7.11 Å². The van der Waals surface area contributed by atoms with Gasteiger partial charge in [-0.1, -0.05) is 23.7 Å². The Kier molecular flexibility index (Phi) is 7.37. The van der Waals surface area contributed by atoms with Crippen LogP contribution in [0.15, 0.2) is 54.7 Å². The van der Waals surface area contributed by atoms with E-state index in [0.29, 0.717) is 17.7 Å². The average molecular weight is 585 g/mol. The van der Waals surface area contributed by atoms with Crippen LogP contribution in [0.3, 0.4) is 0 Å². The largest absolute Gasteiger partial charge is 0.497 e. The smallest absolute Gasteiger partial charge is 0.199 e. The second kappa shape index (κ2) is 10.7. The third-order valence-corrected chi connectivity index (χ3v) is 7.02. The number of aromatic hydroxyl groups is 1. The zero-order valence-corrected chi connectivity index (χ0v) is 23.8. The SMILES string of the molecule is COc1ccc(Cn2cc3c(F)c(-c4nnc(C(C)(C)Oc5c(F)cc(Cl)cc5F)n4C(C)C)ccc3c2O)cc1. The van der Waals surface area contributed by atoms with E-state index in [0.717, 1.165) is 17.7 Å². The quantitative estimate of drug-likeness (QED) is 0.203. The van der Waals surface area contributed by atoms with Gasteiger partial charge in [0.1, 0.15) is 11.6 Å². The number of nitrogens with zero attached hydrogens (tertiary/aromatic N) is 4. The molecule has 0 fully saturated rings. The van der Waals surface area contributed by atoms with E-state index >= 15 is 4.39 Å². The fourth-order valence-electron chi connectivity index (χ4n) is 4.81. The fraction of sp³-hybridized carbons (Fsp3) is 0.267. The maximum Gasteiger partial charge on any atom is 0.199 e. The van der Waals surface area contributed by atoms with Crippen LogP contribution in [0, 0.1) is 17.5 Å². The van der Waals surface area contributed by atoms with Gasteiger partial charge in [0, 0.05) is 28.0 Å². The summed E-state index contributed by atoms with van der Waals surface area (Å²) in [6, 6.07) is 12.1. The maximum atomic E-state index is 16.1. The zero-order chi connectivity index (χ0) is 29.6. The highest BCUT2D eigenvalue weighted by Crippen LogP contribution is 2.38. The molecule has 7 nitrogen and oxygen atoms in total. The second-order valence-electron chi connectivity index (χ2n) is 10.4. The van der Waals surface area contributed by atoms with Crippen molar-refractivity contribution in [1.29, 1.82) is 0 Å². The number of fused-ring (bicyclic) bond motifs is 1. The van der Waals surface area contributed by atoms with E-state index < -0.39 is 28.8 Å². The standard InChI is InChI=1S/C30H28ClF3N4O3/c1-16(2)38-27(35-36-29(38)30(3,4)41-26-23(32)12-18(31)13-24(26)33)21-11-10-20-22(25(21)34)15-37(28(20)39)14-17-6-8-19(40-5)9-7-17/h6-13,15-16,39H,14H2,1-5H3. The Balaban J connectivity index is 1.54. The summed E-state index contributed by atoms with van der Waals surface area (Å²) in [5.74, 6) is -2.07. The van der Waals surface area contributed by atoms with E-state index in [1.807, 2.05) is 38.1 Å². The van der Waals surface area contributed by atoms with E-state index in [2.05, 4.69) is 10.2 Å². The van der Waals surface area contributed by atoms with E-state index in [1.54, 1.807) is 42.4 Å². The summed E-state index contributed by atoms with van der Waals surface area (Å²) >= 11 is 5.75. The zero-order valence-electron chi connectivity index (χ0n) is 23.0. The molecule has 3 aromatic carbocycles. The number of rotatable bonds is 8. The summed E-state index contributed by atoms with van der Waals surface area (Å²) in [6.45, 7) is 7.19. The molecule has 0 aliphatic rings. The summed E-state index contributed by atoms with van der Waals surface area (Å²) in [4.78, 5) is 0. The minimum atomic E-state index is -1.37. The Morgan fingerprint density at radius 3 is 2.24 bits per heavy atom. The first kappa shape index (κ1) is 28.4. The van der Waals surface area contributed by atoms with Gasteiger partial charge < -0.3 is 23.7 Å².